The second-order valence-electron chi connectivity index (χ2n) is 6.28. The van der Waals surface area contributed by atoms with E-state index in [1.807, 2.05) is 0 Å². The van der Waals surface area contributed by atoms with Crippen molar-refractivity contribution >= 4 is 29.9 Å². The molecule has 0 spiro atoms. The molecular formula is C18H28Cl2N2O3. The van der Waals surface area contributed by atoms with E-state index in [-0.39, 0.29) is 30.4 Å². The Hall–Kier alpha value is -1.17. The normalized spacial score (nSPS) is 19.7. The number of carbonyl (C=O) groups is 1. The lowest BCUT2D eigenvalue weighted by Crippen LogP contribution is -2.40. The van der Waals surface area contributed by atoms with Crippen molar-refractivity contribution in [1.82, 2.24) is 5.32 Å². The topological polar surface area (TPSA) is 73.6 Å². The molecule has 3 N–H and O–H groups in total. The first-order valence-electron chi connectivity index (χ1n) is 8.62. The standard InChI is InChI=1S/C18H27ClN2O3.ClH/c1-3-4-9-24-17-15(19)10-12(11-16(17)23-2)18(22)21-14-7-5-13(20)6-8-14;/h10-11,13-14H,3-9,20H2,1-2H3,(H,21,22);1H. The molecule has 1 aliphatic rings. The van der Waals surface area contributed by atoms with Crippen LogP contribution >= 0.6 is 24.0 Å². The Morgan fingerprint density at radius 1 is 1.32 bits per heavy atom. The first-order chi connectivity index (χ1) is 11.5. The van der Waals surface area contributed by atoms with Crippen molar-refractivity contribution < 1.29 is 14.3 Å². The number of amides is 1. The molecule has 0 aromatic heterocycles. The van der Waals surface area contributed by atoms with E-state index < -0.39 is 0 Å². The van der Waals surface area contributed by atoms with Gasteiger partial charge in [-0.05, 0) is 44.2 Å². The summed E-state index contributed by atoms with van der Waals surface area (Å²) in [7, 11) is 1.54. The molecule has 1 aliphatic carbocycles. The summed E-state index contributed by atoms with van der Waals surface area (Å²) in [5.74, 6) is 0.831. The highest BCUT2D eigenvalue weighted by atomic mass is 35.5. The van der Waals surface area contributed by atoms with Crippen LogP contribution in [0.15, 0.2) is 12.1 Å². The molecule has 7 heteroatoms. The number of halogens is 2. The van der Waals surface area contributed by atoms with Crippen LogP contribution in [0.2, 0.25) is 5.02 Å². The van der Waals surface area contributed by atoms with Gasteiger partial charge in [-0.2, -0.15) is 0 Å². The minimum Gasteiger partial charge on any atom is -0.493 e. The van der Waals surface area contributed by atoms with Crippen LogP contribution in [0.3, 0.4) is 0 Å². The van der Waals surface area contributed by atoms with Gasteiger partial charge in [0.1, 0.15) is 0 Å². The zero-order valence-corrected chi connectivity index (χ0v) is 16.4. The molecule has 142 valence electrons. The first kappa shape index (κ1) is 21.9. The number of nitrogens with two attached hydrogens (primary N) is 1. The van der Waals surface area contributed by atoms with Gasteiger partial charge in [0.25, 0.3) is 5.91 Å². The number of benzene rings is 1. The molecule has 0 heterocycles. The highest BCUT2D eigenvalue weighted by molar-refractivity contribution is 6.32. The van der Waals surface area contributed by atoms with E-state index in [2.05, 4.69) is 12.2 Å². The molecule has 0 saturated heterocycles. The molecule has 0 unspecified atom stereocenters. The van der Waals surface area contributed by atoms with E-state index in [1.54, 1.807) is 19.2 Å². The third kappa shape index (κ3) is 6.24. The predicted molar refractivity (Wildman–Crippen MR) is 103 cm³/mol. The Morgan fingerprint density at radius 2 is 2.00 bits per heavy atom. The van der Waals surface area contributed by atoms with E-state index >= 15 is 0 Å². The number of nitrogens with one attached hydrogen (secondary N) is 1. The smallest absolute Gasteiger partial charge is 0.251 e. The molecule has 25 heavy (non-hydrogen) atoms. The minimum atomic E-state index is -0.143. The second kappa shape index (κ2) is 10.7. The van der Waals surface area contributed by atoms with Gasteiger partial charge in [0, 0.05) is 17.6 Å². The van der Waals surface area contributed by atoms with Crippen molar-refractivity contribution in [3.8, 4) is 11.5 Å². The maximum atomic E-state index is 12.5. The van der Waals surface area contributed by atoms with Crippen molar-refractivity contribution in [1.29, 1.82) is 0 Å². The Kier molecular flexibility index (Phi) is 9.39. The monoisotopic (exact) mass is 390 g/mol. The van der Waals surface area contributed by atoms with Gasteiger partial charge >= 0.3 is 0 Å². The van der Waals surface area contributed by atoms with E-state index in [4.69, 9.17) is 26.8 Å². The highest BCUT2D eigenvalue weighted by Crippen LogP contribution is 2.36. The lowest BCUT2D eigenvalue weighted by atomic mass is 9.91. The van der Waals surface area contributed by atoms with Crippen LogP contribution in [0.25, 0.3) is 0 Å². The van der Waals surface area contributed by atoms with Gasteiger partial charge in [0.15, 0.2) is 11.5 Å². The van der Waals surface area contributed by atoms with Gasteiger partial charge in [0.05, 0.1) is 18.7 Å². The average molecular weight is 391 g/mol. The zero-order chi connectivity index (χ0) is 17.5. The van der Waals surface area contributed by atoms with E-state index in [1.165, 1.54) is 0 Å². The summed E-state index contributed by atoms with van der Waals surface area (Å²) in [6.07, 6.45) is 5.68. The molecule has 1 aromatic rings. The third-order valence-corrected chi connectivity index (χ3v) is 4.62. The van der Waals surface area contributed by atoms with Crippen molar-refractivity contribution in [2.75, 3.05) is 13.7 Å². The van der Waals surface area contributed by atoms with Crippen LogP contribution in [0.1, 0.15) is 55.8 Å². The Morgan fingerprint density at radius 3 is 2.60 bits per heavy atom. The lowest BCUT2D eigenvalue weighted by Gasteiger charge is -2.27. The maximum Gasteiger partial charge on any atom is 0.251 e. The Balaban J connectivity index is 0.00000312. The fourth-order valence-electron chi connectivity index (χ4n) is 2.84. The van der Waals surface area contributed by atoms with Crippen LogP contribution < -0.4 is 20.5 Å². The van der Waals surface area contributed by atoms with E-state index in [9.17, 15) is 4.79 Å². The molecular weight excluding hydrogens is 363 g/mol. The molecule has 1 amide bonds. The van der Waals surface area contributed by atoms with Gasteiger partial charge in [-0.3, -0.25) is 4.79 Å². The SMILES string of the molecule is CCCCOc1c(Cl)cc(C(=O)NC2CCC(N)CC2)cc1OC.Cl. The fourth-order valence-corrected chi connectivity index (χ4v) is 3.11. The minimum absolute atomic E-state index is 0. The molecule has 1 saturated carbocycles. The summed E-state index contributed by atoms with van der Waals surface area (Å²) in [5.41, 5.74) is 6.38. The van der Waals surface area contributed by atoms with Crippen LogP contribution in [0.5, 0.6) is 11.5 Å². The van der Waals surface area contributed by atoms with Gasteiger partial charge in [0.2, 0.25) is 0 Å². The lowest BCUT2D eigenvalue weighted by molar-refractivity contribution is 0.0925. The number of rotatable bonds is 7. The Bertz CT molecular complexity index is 561. The molecule has 0 bridgehead atoms. The maximum absolute atomic E-state index is 12.5. The molecule has 1 aromatic carbocycles. The van der Waals surface area contributed by atoms with Crippen LogP contribution in [0, 0.1) is 0 Å². The fraction of sp³-hybridized carbons (Fsp3) is 0.611. The quantitative estimate of drug-likeness (QED) is 0.691. The van der Waals surface area contributed by atoms with Crippen molar-refractivity contribution in [2.45, 2.75) is 57.5 Å². The van der Waals surface area contributed by atoms with Crippen LogP contribution in [-0.2, 0) is 0 Å². The average Bonchev–Trinajstić information content (AvgIpc) is 2.58. The molecule has 2 rings (SSSR count). The van der Waals surface area contributed by atoms with Gasteiger partial charge in [-0.15, -0.1) is 12.4 Å². The summed E-state index contributed by atoms with van der Waals surface area (Å²) in [6.45, 7) is 2.66. The van der Waals surface area contributed by atoms with Gasteiger partial charge in [-0.1, -0.05) is 24.9 Å². The van der Waals surface area contributed by atoms with Crippen molar-refractivity contribution in [3.05, 3.63) is 22.7 Å². The molecule has 0 radical (unpaired) electrons. The summed E-state index contributed by atoms with van der Waals surface area (Å²) in [6, 6.07) is 3.74. The number of unbranched alkanes of at least 4 members (excludes halogenated alkanes) is 1. The summed E-state index contributed by atoms with van der Waals surface area (Å²) >= 11 is 6.30. The van der Waals surface area contributed by atoms with Crippen molar-refractivity contribution in [2.24, 2.45) is 5.73 Å². The van der Waals surface area contributed by atoms with Crippen molar-refractivity contribution in [3.63, 3.8) is 0 Å². The number of ether oxygens (including phenoxy) is 2. The summed E-state index contributed by atoms with van der Waals surface area (Å²) in [5, 5.41) is 3.45. The first-order valence-corrected chi connectivity index (χ1v) is 8.99. The van der Waals surface area contributed by atoms with Gasteiger partial charge < -0.3 is 20.5 Å². The van der Waals surface area contributed by atoms with E-state index in [0.29, 0.717) is 28.7 Å². The zero-order valence-electron chi connectivity index (χ0n) is 14.8. The Labute approximate surface area is 161 Å². The molecule has 0 aliphatic heterocycles. The van der Waals surface area contributed by atoms with E-state index in [0.717, 1.165) is 38.5 Å². The molecule has 0 atom stereocenters. The van der Waals surface area contributed by atoms with Crippen LogP contribution in [0.4, 0.5) is 0 Å². The predicted octanol–water partition coefficient (Wildman–Crippen LogP) is 3.95. The number of methoxy groups -OCH3 is 1. The third-order valence-electron chi connectivity index (χ3n) is 4.34. The molecule has 5 nitrogen and oxygen atoms in total. The second-order valence-corrected chi connectivity index (χ2v) is 6.68. The number of hydrogen-bond acceptors (Lipinski definition) is 4. The number of carbonyl (C=O) groups excluding carboxylic acids is 1. The number of hydrogen-bond donors (Lipinski definition) is 2. The molecule has 1 fully saturated rings. The van der Waals surface area contributed by atoms with Gasteiger partial charge in [-0.25, -0.2) is 0 Å². The highest BCUT2D eigenvalue weighted by Gasteiger charge is 2.22. The summed E-state index contributed by atoms with van der Waals surface area (Å²) in [4.78, 5) is 12.5. The largest absolute Gasteiger partial charge is 0.493 e. The summed E-state index contributed by atoms with van der Waals surface area (Å²) < 4.78 is 11.0. The van der Waals surface area contributed by atoms with Crippen LogP contribution in [-0.4, -0.2) is 31.7 Å².